The highest BCUT2D eigenvalue weighted by atomic mass is 35.5. The number of hydrogen-bond donors (Lipinski definition) is 2. The average molecular weight is 353 g/mol. The molecule has 0 atom stereocenters. The number of anilines is 2. The Balaban J connectivity index is 1.81. The maximum atomic E-state index is 6.17. The van der Waals surface area contributed by atoms with Gasteiger partial charge in [-0.3, -0.25) is 0 Å². The molecule has 0 saturated heterocycles. The van der Waals surface area contributed by atoms with E-state index in [1.807, 2.05) is 18.2 Å². The number of hydrogen-bond acceptors (Lipinski definition) is 4. The monoisotopic (exact) mass is 352 g/mol. The molecule has 0 fully saturated rings. The SMILES string of the molecule is CCCCCNc1nccc(NCCc2ccc(Cl)cc2Cl)n1. The zero-order valence-electron chi connectivity index (χ0n) is 13.3. The highest BCUT2D eigenvalue weighted by Gasteiger charge is 2.02. The lowest BCUT2D eigenvalue weighted by atomic mass is 10.1. The lowest BCUT2D eigenvalue weighted by molar-refractivity contribution is 0.740. The van der Waals surface area contributed by atoms with Crippen LogP contribution in [-0.2, 0) is 6.42 Å². The Hall–Kier alpha value is -1.52. The second kappa shape index (κ2) is 9.58. The molecule has 0 unspecified atom stereocenters. The van der Waals surface area contributed by atoms with Crippen molar-refractivity contribution in [1.82, 2.24) is 9.97 Å². The van der Waals surface area contributed by atoms with Gasteiger partial charge in [-0.2, -0.15) is 4.98 Å². The molecule has 2 rings (SSSR count). The van der Waals surface area contributed by atoms with Crippen LogP contribution in [0.5, 0.6) is 0 Å². The summed E-state index contributed by atoms with van der Waals surface area (Å²) >= 11 is 12.1. The molecule has 2 aromatic rings. The molecule has 0 aliphatic carbocycles. The van der Waals surface area contributed by atoms with Crippen LogP contribution < -0.4 is 10.6 Å². The number of rotatable bonds is 9. The summed E-state index contributed by atoms with van der Waals surface area (Å²) < 4.78 is 0. The van der Waals surface area contributed by atoms with Gasteiger partial charge in [0.15, 0.2) is 0 Å². The van der Waals surface area contributed by atoms with Gasteiger partial charge in [0.1, 0.15) is 5.82 Å². The van der Waals surface area contributed by atoms with Crippen LogP contribution in [0.25, 0.3) is 0 Å². The van der Waals surface area contributed by atoms with Gasteiger partial charge in [-0.25, -0.2) is 4.98 Å². The molecule has 0 aliphatic rings. The van der Waals surface area contributed by atoms with Gasteiger partial charge >= 0.3 is 0 Å². The zero-order valence-corrected chi connectivity index (χ0v) is 14.8. The van der Waals surface area contributed by atoms with Gasteiger partial charge in [0.25, 0.3) is 0 Å². The number of nitrogens with zero attached hydrogens (tertiary/aromatic N) is 2. The fourth-order valence-corrected chi connectivity index (χ4v) is 2.67. The van der Waals surface area contributed by atoms with Crippen LogP contribution in [0.2, 0.25) is 10.0 Å². The van der Waals surface area contributed by atoms with Crippen LogP contribution in [0.3, 0.4) is 0 Å². The van der Waals surface area contributed by atoms with Crippen molar-refractivity contribution in [1.29, 1.82) is 0 Å². The molecule has 0 aliphatic heterocycles. The van der Waals surface area contributed by atoms with Crippen molar-refractivity contribution in [3.8, 4) is 0 Å². The molecular formula is C17H22Cl2N4. The fraction of sp³-hybridized carbons (Fsp3) is 0.412. The van der Waals surface area contributed by atoms with E-state index in [0.29, 0.717) is 16.0 Å². The molecule has 0 saturated carbocycles. The molecule has 124 valence electrons. The Bertz CT molecular complexity index is 619. The predicted octanol–water partition coefficient (Wildman–Crippen LogP) is 5.04. The number of benzene rings is 1. The minimum absolute atomic E-state index is 0.654. The van der Waals surface area contributed by atoms with E-state index in [0.717, 1.165) is 37.3 Å². The Morgan fingerprint density at radius 3 is 2.70 bits per heavy atom. The van der Waals surface area contributed by atoms with Crippen molar-refractivity contribution < 1.29 is 0 Å². The van der Waals surface area contributed by atoms with Crippen LogP contribution in [-0.4, -0.2) is 23.1 Å². The van der Waals surface area contributed by atoms with E-state index in [4.69, 9.17) is 23.2 Å². The summed E-state index contributed by atoms with van der Waals surface area (Å²) in [5.41, 5.74) is 1.07. The van der Waals surface area contributed by atoms with E-state index in [1.54, 1.807) is 12.3 Å². The highest BCUT2D eigenvalue weighted by molar-refractivity contribution is 6.35. The van der Waals surface area contributed by atoms with Gasteiger partial charge in [0.05, 0.1) is 0 Å². The molecule has 1 aromatic heterocycles. The standard InChI is InChI=1S/C17H22Cl2N4/c1-2-3-4-9-21-17-22-11-8-16(23-17)20-10-7-13-5-6-14(18)12-15(13)19/h5-6,8,11-12H,2-4,7,9-10H2,1H3,(H2,20,21,22,23). The van der Waals surface area contributed by atoms with E-state index < -0.39 is 0 Å². The first kappa shape index (κ1) is 17.8. The van der Waals surface area contributed by atoms with Crippen LogP contribution in [0.4, 0.5) is 11.8 Å². The van der Waals surface area contributed by atoms with Crippen LogP contribution in [0.15, 0.2) is 30.5 Å². The van der Waals surface area contributed by atoms with Crippen molar-refractivity contribution in [3.05, 3.63) is 46.1 Å². The summed E-state index contributed by atoms with van der Waals surface area (Å²) in [4.78, 5) is 8.68. The van der Waals surface area contributed by atoms with E-state index in [-0.39, 0.29) is 0 Å². The minimum atomic E-state index is 0.654. The predicted molar refractivity (Wildman–Crippen MR) is 98.7 cm³/mol. The summed E-state index contributed by atoms with van der Waals surface area (Å²) in [6, 6.07) is 7.43. The normalized spacial score (nSPS) is 10.6. The van der Waals surface area contributed by atoms with Gasteiger partial charge in [-0.05, 0) is 36.6 Å². The summed E-state index contributed by atoms with van der Waals surface area (Å²) in [5, 5.41) is 7.89. The highest BCUT2D eigenvalue weighted by Crippen LogP contribution is 2.21. The molecular weight excluding hydrogens is 331 g/mol. The maximum Gasteiger partial charge on any atom is 0.224 e. The fourth-order valence-electron chi connectivity index (χ4n) is 2.17. The van der Waals surface area contributed by atoms with Crippen molar-refractivity contribution >= 4 is 35.0 Å². The Kier molecular flexibility index (Phi) is 7.43. The topological polar surface area (TPSA) is 49.8 Å². The molecule has 0 radical (unpaired) electrons. The van der Waals surface area contributed by atoms with Crippen LogP contribution >= 0.6 is 23.2 Å². The minimum Gasteiger partial charge on any atom is -0.370 e. The first-order valence-electron chi connectivity index (χ1n) is 7.93. The van der Waals surface area contributed by atoms with Gasteiger partial charge in [0.2, 0.25) is 5.95 Å². The molecule has 1 aromatic carbocycles. The van der Waals surface area contributed by atoms with E-state index in [9.17, 15) is 0 Å². The first-order valence-corrected chi connectivity index (χ1v) is 8.69. The lowest BCUT2D eigenvalue weighted by Crippen LogP contribution is -2.10. The molecule has 1 heterocycles. The summed E-state index contributed by atoms with van der Waals surface area (Å²) in [6.07, 6.45) is 6.11. The average Bonchev–Trinajstić information content (AvgIpc) is 2.54. The summed E-state index contributed by atoms with van der Waals surface area (Å²) in [5.74, 6) is 1.47. The number of aromatic nitrogens is 2. The Morgan fingerprint density at radius 1 is 1.04 bits per heavy atom. The number of nitrogens with one attached hydrogen (secondary N) is 2. The quantitative estimate of drug-likeness (QED) is 0.620. The molecule has 6 heteroatoms. The Labute approximate surface area is 147 Å². The third-order valence-corrected chi connectivity index (χ3v) is 4.02. The van der Waals surface area contributed by atoms with E-state index >= 15 is 0 Å². The summed E-state index contributed by atoms with van der Waals surface area (Å²) in [7, 11) is 0. The van der Waals surface area contributed by atoms with Gasteiger partial charge in [-0.1, -0.05) is 49.0 Å². The van der Waals surface area contributed by atoms with Gasteiger partial charge in [0, 0.05) is 29.3 Å². The molecule has 4 nitrogen and oxygen atoms in total. The molecule has 2 N–H and O–H groups in total. The Morgan fingerprint density at radius 2 is 1.91 bits per heavy atom. The number of halogens is 2. The lowest BCUT2D eigenvalue weighted by Gasteiger charge is -2.09. The smallest absolute Gasteiger partial charge is 0.224 e. The second-order valence-electron chi connectivity index (χ2n) is 5.31. The van der Waals surface area contributed by atoms with Crippen LogP contribution in [0.1, 0.15) is 31.7 Å². The zero-order chi connectivity index (χ0) is 16.5. The number of unbranched alkanes of at least 4 members (excludes halogenated alkanes) is 2. The summed E-state index contributed by atoms with van der Waals surface area (Å²) in [6.45, 7) is 3.83. The molecule has 0 spiro atoms. The third-order valence-electron chi connectivity index (χ3n) is 3.43. The molecule has 0 amide bonds. The second-order valence-corrected chi connectivity index (χ2v) is 6.16. The largest absolute Gasteiger partial charge is 0.370 e. The van der Waals surface area contributed by atoms with E-state index in [1.165, 1.54) is 12.8 Å². The van der Waals surface area contributed by atoms with Crippen molar-refractivity contribution in [2.45, 2.75) is 32.6 Å². The molecule has 0 bridgehead atoms. The van der Waals surface area contributed by atoms with E-state index in [2.05, 4.69) is 27.5 Å². The molecule has 23 heavy (non-hydrogen) atoms. The maximum absolute atomic E-state index is 6.17. The van der Waals surface area contributed by atoms with Crippen LogP contribution in [0, 0.1) is 0 Å². The third kappa shape index (κ3) is 6.24. The van der Waals surface area contributed by atoms with Gasteiger partial charge < -0.3 is 10.6 Å². The van der Waals surface area contributed by atoms with Crippen molar-refractivity contribution in [2.75, 3.05) is 23.7 Å². The van der Waals surface area contributed by atoms with Crippen molar-refractivity contribution in [3.63, 3.8) is 0 Å². The van der Waals surface area contributed by atoms with Crippen molar-refractivity contribution in [2.24, 2.45) is 0 Å². The van der Waals surface area contributed by atoms with Gasteiger partial charge in [-0.15, -0.1) is 0 Å². The first-order chi connectivity index (χ1) is 11.2.